The second-order valence-corrected chi connectivity index (χ2v) is 5.98. The lowest BCUT2D eigenvalue weighted by Gasteiger charge is -2.20. The predicted octanol–water partition coefficient (Wildman–Crippen LogP) is 0.788. The van der Waals surface area contributed by atoms with Gasteiger partial charge in [0.2, 0.25) is 5.91 Å². The molecule has 1 aromatic rings. The number of amides is 1. The van der Waals surface area contributed by atoms with Gasteiger partial charge in [0, 0.05) is 44.6 Å². The van der Waals surface area contributed by atoms with Crippen molar-refractivity contribution in [2.24, 2.45) is 5.92 Å². The van der Waals surface area contributed by atoms with Crippen molar-refractivity contribution >= 4 is 5.91 Å². The van der Waals surface area contributed by atoms with E-state index in [4.69, 9.17) is 4.98 Å². The lowest BCUT2D eigenvalue weighted by molar-refractivity contribution is -0.119. The summed E-state index contributed by atoms with van der Waals surface area (Å²) in [5, 5.41) is 6.32. The van der Waals surface area contributed by atoms with Gasteiger partial charge in [-0.25, -0.2) is 4.98 Å². The van der Waals surface area contributed by atoms with Gasteiger partial charge < -0.3 is 15.2 Å². The summed E-state index contributed by atoms with van der Waals surface area (Å²) in [7, 11) is 0. The van der Waals surface area contributed by atoms with E-state index in [0.717, 1.165) is 38.3 Å². The van der Waals surface area contributed by atoms with Gasteiger partial charge >= 0.3 is 0 Å². The Kier molecular flexibility index (Phi) is 3.31. The third kappa shape index (κ3) is 2.39. The molecule has 2 aliphatic rings. The number of nitrogens with one attached hydrogen (secondary N) is 2. The van der Waals surface area contributed by atoms with Crippen molar-refractivity contribution in [3.63, 3.8) is 0 Å². The normalized spacial score (nSPS) is 22.7. The predicted molar refractivity (Wildman–Crippen MR) is 72.8 cm³/mol. The molecule has 2 N–H and O–H groups in total. The zero-order chi connectivity index (χ0) is 13.4. The molecule has 0 radical (unpaired) electrons. The molecule has 1 amide bonds. The number of fused-ring (bicyclic) bond motifs is 1. The molecule has 0 spiro atoms. The Morgan fingerprint density at radius 2 is 2.32 bits per heavy atom. The Balaban J connectivity index is 1.98. The SMILES string of the molecule is CC(C)Cc1nc2c(n1C1CNC(=O)C1)CCNC2. The molecule has 1 unspecified atom stereocenters. The van der Waals surface area contributed by atoms with Crippen LogP contribution in [-0.4, -0.2) is 28.5 Å². The summed E-state index contributed by atoms with van der Waals surface area (Å²) in [4.78, 5) is 16.3. The molecule has 0 aromatic carbocycles. The summed E-state index contributed by atoms with van der Waals surface area (Å²) < 4.78 is 2.36. The largest absolute Gasteiger partial charge is 0.354 e. The van der Waals surface area contributed by atoms with E-state index in [1.165, 1.54) is 11.4 Å². The monoisotopic (exact) mass is 262 g/mol. The number of imidazole rings is 1. The van der Waals surface area contributed by atoms with Crippen LogP contribution in [0.2, 0.25) is 0 Å². The molecular formula is C14H22N4O. The molecule has 0 bridgehead atoms. The number of carbonyl (C=O) groups is 1. The molecule has 1 saturated heterocycles. The van der Waals surface area contributed by atoms with Crippen LogP contribution < -0.4 is 10.6 Å². The summed E-state index contributed by atoms with van der Waals surface area (Å²) >= 11 is 0. The molecule has 5 heteroatoms. The van der Waals surface area contributed by atoms with Crippen LogP contribution in [0.3, 0.4) is 0 Å². The lowest BCUT2D eigenvalue weighted by Crippen LogP contribution is -2.26. The highest BCUT2D eigenvalue weighted by Crippen LogP contribution is 2.26. The third-order valence-electron chi connectivity index (χ3n) is 3.91. The van der Waals surface area contributed by atoms with Crippen LogP contribution in [0.5, 0.6) is 0 Å². The van der Waals surface area contributed by atoms with Gasteiger partial charge in [-0.2, -0.15) is 0 Å². The van der Waals surface area contributed by atoms with E-state index < -0.39 is 0 Å². The van der Waals surface area contributed by atoms with Crippen molar-refractivity contribution in [3.8, 4) is 0 Å². The van der Waals surface area contributed by atoms with Crippen molar-refractivity contribution < 1.29 is 4.79 Å². The van der Waals surface area contributed by atoms with E-state index in [1.54, 1.807) is 0 Å². The number of rotatable bonds is 3. The molecule has 3 rings (SSSR count). The van der Waals surface area contributed by atoms with E-state index in [9.17, 15) is 4.79 Å². The first-order valence-electron chi connectivity index (χ1n) is 7.21. The van der Waals surface area contributed by atoms with Crippen molar-refractivity contribution in [1.82, 2.24) is 20.2 Å². The van der Waals surface area contributed by atoms with Crippen LogP contribution in [0.1, 0.15) is 43.5 Å². The zero-order valence-corrected chi connectivity index (χ0v) is 11.7. The van der Waals surface area contributed by atoms with E-state index in [1.807, 2.05) is 0 Å². The van der Waals surface area contributed by atoms with Crippen molar-refractivity contribution in [3.05, 3.63) is 17.2 Å². The molecule has 0 aliphatic carbocycles. The van der Waals surface area contributed by atoms with Crippen LogP contribution in [0.4, 0.5) is 0 Å². The Hall–Kier alpha value is -1.36. The lowest BCUT2D eigenvalue weighted by atomic mass is 10.1. The minimum absolute atomic E-state index is 0.164. The van der Waals surface area contributed by atoms with Gasteiger partial charge in [0.05, 0.1) is 11.7 Å². The van der Waals surface area contributed by atoms with Crippen LogP contribution in [0.25, 0.3) is 0 Å². The number of carbonyl (C=O) groups excluding carboxylic acids is 1. The topological polar surface area (TPSA) is 59.0 Å². The van der Waals surface area contributed by atoms with Crippen molar-refractivity contribution in [2.75, 3.05) is 13.1 Å². The van der Waals surface area contributed by atoms with Crippen LogP contribution in [-0.2, 0) is 24.2 Å². The molecule has 1 atom stereocenters. The fraction of sp³-hybridized carbons (Fsp3) is 0.714. The van der Waals surface area contributed by atoms with Gasteiger partial charge in [-0.05, 0) is 5.92 Å². The minimum Gasteiger partial charge on any atom is -0.354 e. The standard InChI is InChI=1S/C14H22N4O/c1-9(2)5-13-17-11-8-15-4-3-12(11)18(13)10-6-14(19)16-7-10/h9-10,15H,3-8H2,1-2H3,(H,16,19). The quantitative estimate of drug-likeness (QED) is 0.846. The van der Waals surface area contributed by atoms with E-state index >= 15 is 0 Å². The fourth-order valence-corrected chi connectivity index (χ4v) is 3.10. The highest BCUT2D eigenvalue weighted by molar-refractivity contribution is 5.78. The summed E-state index contributed by atoms with van der Waals surface area (Å²) in [6, 6.07) is 0.260. The van der Waals surface area contributed by atoms with Gasteiger partial charge in [-0.15, -0.1) is 0 Å². The second-order valence-electron chi connectivity index (χ2n) is 5.98. The van der Waals surface area contributed by atoms with Gasteiger partial charge in [-0.1, -0.05) is 13.8 Å². The van der Waals surface area contributed by atoms with Gasteiger partial charge in [0.15, 0.2) is 0 Å². The highest BCUT2D eigenvalue weighted by Gasteiger charge is 2.29. The molecule has 0 saturated carbocycles. The van der Waals surface area contributed by atoms with E-state index in [-0.39, 0.29) is 11.9 Å². The fourth-order valence-electron chi connectivity index (χ4n) is 3.10. The average molecular weight is 262 g/mol. The molecule has 2 aliphatic heterocycles. The number of hydrogen-bond donors (Lipinski definition) is 2. The van der Waals surface area contributed by atoms with E-state index in [2.05, 4.69) is 29.0 Å². The van der Waals surface area contributed by atoms with Crippen LogP contribution >= 0.6 is 0 Å². The smallest absolute Gasteiger partial charge is 0.222 e. The van der Waals surface area contributed by atoms with Crippen LogP contribution in [0, 0.1) is 5.92 Å². The Morgan fingerprint density at radius 3 is 3.00 bits per heavy atom. The van der Waals surface area contributed by atoms with Gasteiger partial charge in [-0.3, -0.25) is 4.79 Å². The van der Waals surface area contributed by atoms with Crippen molar-refractivity contribution in [1.29, 1.82) is 0 Å². The van der Waals surface area contributed by atoms with Crippen molar-refractivity contribution in [2.45, 2.75) is 45.7 Å². The number of nitrogens with zero attached hydrogens (tertiary/aromatic N) is 2. The summed E-state index contributed by atoms with van der Waals surface area (Å²) in [5.74, 6) is 1.91. The van der Waals surface area contributed by atoms with Crippen LogP contribution in [0.15, 0.2) is 0 Å². The molecule has 5 nitrogen and oxygen atoms in total. The maximum Gasteiger partial charge on any atom is 0.222 e. The number of hydrogen-bond acceptors (Lipinski definition) is 3. The Labute approximate surface area is 113 Å². The first-order valence-corrected chi connectivity index (χ1v) is 7.21. The molecule has 104 valence electrons. The first kappa shape index (κ1) is 12.7. The van der Waals surface area contributed by atoms with E-state index in [0.29, 0.717) is 12.3 Å². The van der Waals surface area contributed by atoms with Gasteiger partial charge in [0.1, 0.15) is 5.82 Å². The third-order valence-corrected chi connectivity index (χ3v) is 3.91. The Bertz CT molecular complexity index is 492. The number of aromatic nitrogens is 2. The second kappa shape index (κ2) is 4.96. The zero-order valence-electron chi connectivity index (χ0n) is 11.7. The molecular weight excluding hydrogens is 240 g/mol. The summed E-state index contributed by atoms with van der Waals surface area (Å²) in [6.45, 7) is 7.05. The molecule has 3 heterocycles. The summed E-state index contributed by atoms with van der Waals surface area (Å²) in [5.41, 5.74) is 2.53. The minimum atomic E-state index is 0.164. The Morgan fingerprint density at radius 1 is 1.47 bits per heavy atom. The van der Waals surface area contributed by atoms with Gasteiger partial charge in [0.25, 0.3) is 0 Å². The maximum atomic E-state index is 11.5. The summed E-state index contributed by atoms with van der Waals surface area (Å²) in [6.07, 6.45) is 2.60. The average Bonchev–Trinajstić information content (AvgIpc) is 2.91. The highest BCUT2D eigenvalue weighted by atomic mass is 16.1. The maximum absolute atomic E-state index is 11.5. The first-order chi connectivity index (χ1) is 9.15. The molecule has 1 aromatic heterocycles. The molecule has 19 heavy (non-hydrogen) atoms. The molecule has 1 fully saturated rings.